The number of hydrogen-bond donors (Lipinski definition) is 0. The van der Waals surface area contributed by atoms with E-state index in [0.717, 1.165) is 25.9 Å². The average Bonchev–Trinajstić information content (AvgIpc) is 2.31. The summed E-state index contributed by atoms with van der Waals surface area (Å²) >= 11 is 3.63. The van der Waals surface area contributed by atoms with Gasteiger partial charge < -0.3 is 4.90 Å². The molecule has 1 aliphatic rings. The fourth-order valence-corrected chi connectivity index (χ4v) is 3.12. The van der Waals surface area contributed by atoms with Crippen molar-refractivity contribution < 1.29 is 0 Å². The Morgan fingerprint density at radius 3 is 2.71 bits per heavy atom. The van der Waals surface area contributed by atoms with Crippen LogP contribution in [-0.2, 0) is 0 Å². The van der Waals surface area contributed by atoms with Crippen molar-refractivity contribution >= 4 is 21.6 Å². The third-order valence-electron chi connectivity index (χ3n) is 3.44. The van der Waals surface area contributed by atoms with Crippen molar-refractivity contribution in [3.05, 3.63) is 28.2 Å². The standard InChI is InChI=1S/C14H17BrN2/c1-11-2-3-14(13(15)10-11)17-8-5-12(4-7-16)6-9-17/h2-3,10,12H,4-6,8-9H2,1H3. The van der Waals surface area contributed by atoms with E-state index in [4.69, 9.17) is 5.26 Å². The van der Waals surface area contributed by atoms with Crippen molar-refractivity contribution in [3.63, 3.8) is 0 Å². The second-order valence-electron chi connectivity index (χ2n) is 4.75. The first-order valence-corrected chi connectivity index (χ1v) is 6.88. The first-order valence-electron chi connectivity index (χ1n) is 6.08. The molecule has 0 aliphatic carbocycles. The molecule has 0 spiro atoms. The molecule has 3 heteroatoms. The SMILES string of the molecule is Cc1ccc(N2CCC(CC#N)CC2)c(Br)c1. The Labute approximate surface area is 111 Å². The first-order chi connectivity index (χ1) is 8.20. The number of piperidine rings is 1. The lowest BCUT2D eigenvalue weighted by Crippen LogP contribution is -2.33. The van der Waals surface area contributed by atoms with E-state index in [1.807, 2.05) is 0 Å². The normalized spacial score (nSPS) is 16.9. The monoisotopic (exact) mass is 292 g/mol. The van der Waals surface area contributed by atoms with E-state index >= 15 is 0 Å². The molecular formula is C14H17BrN2. The Kier molecular flexibility index (Phi) is 4.06. The van der Waals surface area contributed by atoms with Gasteiger partial charge in [0.15, 0.2) is 0 Å². The molecule has 0 bridgehead atoms. The molecule has 0 radical (unpaired) electrons. The van der Waals surface area contributed by atoms with Crippen molar-refractivity contribution in [2.24, 2.45) is 5.92 Å². The third-order valence-corrected chi connectivity index (χ3v) is 4.07. The summed E-state index contributed by atoms with van der Waals surface area (Å²) in [5.41, 5.74) is 2.56. The van der Waals surface area contributed by atoms with E-state index in [1.54, 1.807) is 0 Å². The largest absolute Gasteiger partial charge is 0.371 e. The van der Waals surface area contributed by atoms with Gasteiger partial charge in [0.25, 0.3) is 0 Å². The van der Waals surface area contributed by atoms with E-state index in [1.165, 1.54) is 15.7 Å². The van der Waals surface area contributed by atoms with Gasteiger partial charge in [-0.2, -0.15) is 5.26 Å². The van der Waals surface area contributed by atoms with Crippen LogP contribution in [0, 0.1) is 24.2 Å². The van der Waals surface area contributed by atoms with Gasteiger partial charge in [0.2, 0.25) is 0 Å². The summed E-state index contributed by atoms with van der Waals surface area (Å²) in [6.07, 6.45) is 2.98. The lowest BCUT2D eigenvalue weighted by Gasteiger charge is -2.33. The molecule has 0 N–H and O–H groups in total. The number of aryl methyl sites for hydroxylation is 1. The highest BCUT2D eigenvalue weighted by atomic mass is 79.9. The molecule has 0 saturated carbocycles. The predicted octanol–water partition coefficient (Wildman–Crippen LogP) is 3.89. The molecule has 0 aromatic heterocycles. The van der Waals surface area contributed by atoms with Crippen LogP contribution in [0.25, 0.3) is 0 Å². The second-order valence-corrected chi connectivity index (χ2v) is 5.60. The smallest absolute Gasteiger partial charge is 0.0624 e. The van der Waals surface area contributed by atoms with Crippen molar-refractivity contribution in [1.82, 2.24) is 0 Å². The van der Waals surface area contributed by atoms with Gasteiger partial charge in [0.05, 0.1) is 11.8 Å². The summed E-state index contributed by atoms with van der Waals surface area (Å²) in [5, 5.41) is 8.70. The fraction of sp³-hybridized carbons (Fsp3) is 0.500. The number of nitriles is 1. The topological polar surface area (TPSA) is 27.0 Å². The molecule has 0 unspecified atom stereocenters. The minimum absolute atomic E-state index is 0.598. The van der Waals surface area contributed by atoms with E-state index in [0.29, 0.717) is 12.3 Å². The highest BCUT2D eigenvalue weighted by Crippen LogP contribution is 2.31. The van der Waals surface area contributed by atoms with Crippen LogP contribution in [0.2, 0.25) is 0 Å². The molecule has 2 nitrogen and oxygen atoms in total. The molecule has 0 atom stereocenters. The van der Waals surface area contributed by atoms with Crippen LogP contribution in [0.3, 0.4) is 0 Å². The minimum atomic E-state index is 0.598. The summed E-state index contributed by atoms with van der Waals surface area (Å²) in [6, 6.07) is 8.79. The van der Waals surface area contributed by atoms with Crippen molar-refractivity contribution in [3.8, 4) is 6.07 Å². The maximum atomic E-state index is 8.70. The van der Waals surface area contributed by atoms with Crippen molar-refractivity contribution in [2.75, 3.05) is 18.0 Å². The summed E-state index contributed by atoms with van der Waals surface area (Å²) in [4.78, 5) is 2.41. The van der Waals surface area contributed by atoms with E-state index in [2.05, 4.69) is 52.0 Å². The second kappa shape index (κ2) is 5.55. The predicted molar refractivity (Wildman–Crippen MR) is 74.0 cm³/mol. The van der Waals surface area contributed by atoms with Crippen LogP contribution in [0.1, 0.15) is 24.8 Å². The number of rotatable bonds is 2. The zero-order chi connectivity index (χ0) is 12.3. The molecule has 0 amide bonds. The van der Waals surface area contributed by atoms with E-state index < -0.39 is 0 Å². The van der Waals surface area contributed by atoms with Gasteiger partial charge in [0, 0.05) is 24.0 Å². The Morgan fingerprint density at radius 1 is 1.41 bits per heavy atom. The van der Waals surface area contributed by atoms with Gasteiger partial charge in [-0.15, -0.1) is 0 Å². The molecule has 1 heterocycles. The van der Waals surface area contributed by atoms with Crippen LogP contribution < -0.4 is 4.90 Å². The van der Waals surface area contributed by atoms with E-state index in [-0.39, 0.29) is 0 Å². The Balaban J connectivity index is 2.03. The van der Waals surface area contributed by atoms with Crippen LogP contribution >= 0.6 is 15.9 Å². The van der Waals surface area contributed by atoms with Gasteiger partial charge in [-0.3, -0.25) is 0 Å². The molecule has 1 fully saturated rings. The maximum Gasteiger partial charge on any atom is 0.0624 e. The molecule has 90 valence electrons. The zero-order valence-corrected chi connectivity index (χ0v) is 11.7. The number of anilines is 1. The summed E-state index contributed by atoms with van der Waals surface area (Å²) in [7, 11) is 0. The Morgan fingerprint density at radius 2 is 2.12 bits per heavy atom. The van der Waals surface area contributed by atoms with E-state index in [9.17, 15) is 0 Å². The molecule has 17 heavy (non-hydrogen) atoms. The van der Waals surface area contributed by atoms with Crippen LogP contribution in [0.5, 0.6) is 0 Å². The van der Waals surface area contributed by atoms with Gasteiger partial charge in [-0.25, -0.2) is 0 Å². The number of hydrogen-bond acceptors (Lipinski definition) is 2. The molecule has 1 aromatic rings. The minimum Gasteiger partial charge on any atom is -0.371 e. The highest BCUT2D eigenvalue weighted by molar-refractivity contribution is 9.10. The van der Waals surface area contributed by atoms with Gasteiger partial charge in [-0.1, -0.05) is 6.07 Å². The number of halogens is 1. The summed E-state index contributed by atoms with van der Waals surface area (Å²) in [5.74, 6) is 0.598. The lowest BCUT2D eigenvalue weighted by molar-refractivity contribution is 0.412. The zero-order valence-electron chi connectivity index (χ0n) is 10.1. The molecule has 1 saturated heterocycles. The summed E-state index contributed by atoms with van der Waals surface area (Å²) < 4.78 is 1.18. The Bertz CT molecular complexity index is 428. The lowest BCUT2D eigenvalue weighted by atomic mass is 9.94. The number of benzene rings is 1. The van der Waals surface area contributed by atoms with Crippen LogP contribution in [0.4, 0.5) is 5.69 Å². The highest BCUT2D eigenvalue weighted by Gasteiger charge is 2.20. The maximum absolute atomic E-state index is 8.70. The van der Waals surface area contributed by atoms with Gasteiger partial charge in [0.1, 0.15) is 0 Å². The Hall–Kier alpha value is -1.01. The van der Waals surface area contributed by atoms with Crippen LogP contribution in [0.15, 0.2) is 22.7 Å². The number of nitrogens with zero attached hydrogens (tertiary/aromatic N) is 2. The quantitative estimate of drug-likeness (QED) is 0.827. The molecule has 2 rings (SSSR count). The summed E-state index contributed by atoms with van der Waals surface area (Å²) in [6.45, 7) is 4.23. The molecule has 1 aliphatic heterocycles. The van der Waals surface area contributed by atoms with Gasteiger partial charge in [-0.05, 0) is 59.3 Å². The van der Waals surface area contributed by atoms with Crippen molar-refractivity contribution in [1.29, 1.82) is 5.26 Å². The fourth-order valence-electron chi connectivity index (χ4n) is 2.38. The van der Waals surface area contributed by atoms with Crippen LogP contribution in [-0.4, -0.2) is 13.1 Å². The third kappa shape index (κ3) is 3.01. The molecule has 1 aromatic carbocycles. The van der Waals surface area contributed by atoms with Gasteiger partial charge >= 0.3 is 0 Å². The average molecular weight is 293 g/mol. The first kappa shape index (κ1) is 12.4. The molecular weight excluding hydrogens is 276 g/mol. The van der Waals surface area contributed by atoms with Crippen molar-refractivity contribution in [2.45, 2.75) is 26.2 Å².